The van der Waals surface area contributed by atoms with Crippen LogP contribution in [0.15, 0.2) is 42.6 Å². The molecule has 0 bridgehead atoms. The van der Waals surface area contributed by atoms with Gasteiger partial charge in [-0.15, -0.1) is 0 Å². The molecule has 0 saturated heterocycles. The molecule has 0 spiro atoms. The summed E-state index contributed by atoms with van der Waals surface area (Å²) in [5.74, 6) is 0.217. The minimum absolute atomic E-state index is 0.205. The molecule has 1 amide bonds. The highest BCUT2D eigenvalue weighted by molar-refractivity contribution is 6.08. The first-order valence-electron chi connectivity index (χ1n) is 6.42. The first-order chi connectivity index (χ1) is 9.76. The van der Waals surface area contributed by atoms with Gasteiger partial charge in [0.2, 0.25) is 5.88 Å². The van der Waals surface area contributed by atoms with E-state index < -0.39 is 0 Å². The fraction of sp³-hybridized carbons (Fsp3) is 0.200. The van der Waals surface area contributed by atoms with Crippen LogP contribution in [0.3, 0.4) is 0 Å². The molecule has 20 heavy (non-hydrogen) atoms. The molecule has 1 aromatic heterocycles. The molecule has 2 aromatic rings. The number of nitrogens with zero attached hydrogens (tertiary/aromatic N) is 1. The Morgan fingerprint density at radius 3 is 2.70 bits per heavy atom. The largest absolute Gasteiger partial charge is 0.476 e. The molecule has 5 heteroatoms. The van der Waals surface area contributed by atoms with Gasteiger partial charge in [0, 0.05) is 18.9 Å². The third-order valence-corrected chi connectivity index (χ3v) is 2.74. The van der Waals surface area contributed by atoms with Crippen molar-refractivity contribution >= 4 is 17.3 Å². The minimum atomic E-state index is -0.205. The van der Waals surface area contributed by atoms with E-state index in [1.54, 1.807) is 31.4 Å². The number of aromatic nitrogens is 1. The van der Waals surface area contributed by atoms with E-state index in [9.17, 15) is 4.79 Å². The van der Waals surface area contributed by atoms with Gasteiger partial charge < -0.3 is 15.4 Å². The average Bonchev–Trinajstić information content (AvgIpc) is 2.49. The predicted octanol–water partition coefficient (Wildman–Crippen LogP) is 2.77. The number of rotatable bonds is 5. The van der Waals surface area contributed by atoms with Gasteiger partial charge in [0.15, 0.2) is 0 Å². The molecular formula is C15H17N3O2. The van der Waals surface area contributed by atoms with Gasteiger partial charge in [-0.05, 0) is 31.2 Å². The SMILES string of the molecule is CCOc1ncccc1NC(=O)c1ccccc1NC. The van der Waals surface area contributed by atoms with Gasteiger partial charge in [-0.2, -0.15) is 0 Å². The molecule has 0 radical (unpaired) electrons. The summed E-state index contributed by atoms with van der Waals surface area (Å²) in [6, 6.07) is 10.8. The van der Waals surface area contributed by atoms with Crippen molar-refractivity contribution in [3.05, 3.63) is 48.2 Å². The topological polar surface area (TPSA) is 63.2 Å². The van der Waals surface area contributed by atoms with Crippen LogP contribution in [0.2, 0.25) is 0 Å². The molecule has 0 saturated carbocycles. The van der Waals surface area contributed by atoms with Crippen molar-refractivity contribution in [3.8, 4) is 5.88 Å². The number of nitrogens with one attached hydrogen (secondary N) is 2. The zero-order valence-corrected chi connectivity index (χ0v) is 11.5. The Labute approximate surface area is 118 Å². The van der Waals surface area contributed by atoms with Gasteiger partial charge in [-0.25, -0.2) is 4.98 Å². The van der Waals surface area contributed by atoms with Crippen LogP contribution in [0.5, 0.6) is 5.88 Å². The number of anilines is 2. The normalized spacial score (nSPS) is 9.90. The summed E-state index contributed by atoms with van der Waals surface area (Å²) in [5.41, 5.74) is 1.90. The third kappa shape index (κ3) is 3.06. The molecule has 5 nitrogen and oxygen atoms in total. The second-order valence-corrected chi connectivity index (χ2v) is 4.04. The predicted molar refractivity (Wildman–Crippen MR) is 79.3 cm³/mol. The number of pyridine rings is 1. The molecule has 1 aromatic carbocycles. The molecule has 104 valence electrons. The Bertz CT molecular complexity index is 599. The lowest BCUT2D eigenvalue weighted by atomic mass is 10.1. The Kier molecular flexibility index (Phi) is 4.55. The number of para-hydroxylation sites is 1. The maximum atomic E-state index is 12.3. The quantitative estimate of drug-likeness (QED) is 0.877. The molecule has 0 fully saturated rings. The lowest BCUT2D eigenvalue weighted by Gasteiger charge is -2.12. The lowest BCUT2D eigenvalue weighted by Crippen LogP contribution is -2.15. The third-order valence-electron chi connectivity index (χ3n) is 2.74. The molecule has 1 heterocycles. The van der Waals surface area contributed by atoms with E-state index >= 15 is 0 Å². The maximum Gasteiger partial charge on any atom is 0.257 e. The second kappa shape index (κ2) is 6.56. The Balaban J connectivity index is 2.24. The van der Waals surface area contributed by atoms with E-state index in [4.69, 9.17) is 4.74 Å². The first-order valence-corrected chi connectivity index (χ1v) is 6.42. The second-order valence-electron chi connectivity index (χ2n) is 4.04. The summed E-state index contributed by atoms with van der Waals surface area (Å²) in [6.45, 7) is 2.36. The van der Waals surface area contributed by atoms with Crippen LogP contribution in [-0.2, 0) is 0 Å². The monoisotopic (exact) mass is 271 g/mol. The first kappa shape index (κ1) is 13.9. The average molecular weight is 271 g/mol. The van der Waals surface area contributed by atoms with Crippen molar-refractivity contribution in [1.29, 1.82) is 0 Å². The fourth-order valence-electron chi connectivity index (χ4n) is 1.83. The summed E-state index contributed by atoms with van der Waals surface area (Å²) in [7, 11) is 1.78. The summed E-state index contributed by atoms with van der Waals surface area (Å²) in [6.07, 6.45) is 1.63. The van der Waals surface area contributed by atoms with Gasteiger partial charge in [0.05, 0.1) is 12.2 Å². The van der Waals surface area contributed by atoms with Crippen LogP contribution < -0.4 is 15.4 Å². The van der Waals surface area contributed by atoms with E-state index in [1.165, 1.54) is 0 Å². The van der Waals surface area contributed by atoms with Crippen LogP contribution in [0.25, 0.3) is 0 Å². The van der Waals surface area contributed by atoms with Gasteiger partial charge in [-0.1, -0.05) is 12.1 Å². The maximum absolute atomic E-state index is 12.3. The molecule has 0 atom stereocenters. The minimum Gasteiger partial charge on any atom is -0.476 e. The van der Waals surface area contributed by atoms with E-state index in [-0.39, 0.29) is 5.91 Å². The lowest BCUT2D eigenvalue weighted by molar-refractivity contribution is 0.102. The van der Waals surface area contributed by atoms with E-state index in [0.29, 0.717) is 23.7 Å². The highest BCUT2D eigenvalue weighted by atomic mass is 16.5. The van der Waals surface area contributed by atoms with Crippen LogP contribution in [0.4, 0.5) is 11.4 Å². The van der Waals surface area contributed by atoms with Crippen molar-refractivity contribution in [2.75, 3.05) is 24.3 Å². The van der Waals surface area contributed by atoms with Crippen molar-refractivity contribution in [2.24, 2.45) is 0 Å². The Morgan fingerprint density at radius 1 is 1.20 bits per heavy atom. The summed E-state index contributed by atoms with van der Waals surface area (Å²) in [4.78, 5) is 16.4. The molecule has 0 unspecified atom stereocenters. The summed E-state index contributed by atoms with van der Waals surface area (Å²) in [5, 5.41) is 5.81. The van der Waals surface area contributed by atoms with Crippen LogP contribution >= 0.6 is 0 Å². The number of ether oxygens (including phenoxy) is 1. The van der Waals surface area contributed by atoms with E-state index in [1.807, 2.05) is 25.1 Å². The van der Waals surface area contributed by atoms with Gasteiger partial charge in [0.25, 0.3) is 5.91 Å². The molecule has 2 rings (SSSR count). The van der Waals surface area contributed by atoms with Crippen molar-refractivity contribution in [1.82, 2.24) is 4.98 Å². The molecular weight excluding hydrogens is 254 g/mol. The highest BCUT2D eigenvalue weighted by Crippen LogP contribution is 2.22. The van der Waals surface area contributed by atoms with Gasteiger partial charge >= 0.3 is 0 Å². The number of hydrogen-bond donors (Lipinski definition) is 2. The summed E-state index contributed by atoms with van der Waals surface area (Å²) >= 11 is 0. The van der Waals surface area contributed by atoms with Crippen molar-refractivity contribution < 1.29 is 9.53 Å². The van der Waals surface area contributed by atoms with Gasteiger partial charge in [-0.3, -0.25) is 4.79 Å². The van der Waals surface area contributed by atoms with Crippen LogP contribution in [-0.4, -0.2) is 24.5 Å². The van der Waals surface area contributed by atoms with Crippen molar-refractivity contribution in [2.45, 2.75) is 6.92 Å². The number of carbonyl (C=O) groups is 1. The molecule has 2 N–H and O–H groups in total. The van der Waals surface area contributed by atoms with Crippen LogP contribution in [0.1, 0.15) is 17.3 Å². The van der Waals surface area contributed by atoms with Gasteiger partial charge in [0.1, 0.15) is 5.69 Å². The highest BCUT2D eigenvalue weighted by Gasteiger charge is 2.13. The number of hydrogen-bond acceptors (Lipinski definition) is 4. The van der Waals surface area contributed by atoms with Crippen LogP contribution in [0, 0.1) is 0 Å². The number of amides is 1. The van der Waals surface area contributed by atoms with Crippen molar-refractivity contribution in [3.63, 3.8) is 0 Å². The Morgan fingerprint density at radius 2 is 1.95 bits per heavy atom. The number of carbonyl (C=O) groups excluding carboxylic acids is 1. The smallest absolute Gasteiger partial charge is 0.257 e. The standard InChI is InChI=1S/C15H17N3O2/c1-3-20-15-13(9-6-10-17-15)18-14(19)11-7-4-5-8-12(11)16-2/h4-10,16H,3H2,1-2H3,(H,18,19). The molecule has 0 aliphatic carbocycles. The fourth-order valence-corrected chi connectivity index (χ4v) is 1.83. The molecule has 0 aliphatic rings. The van der Waals surface area contributed by atoms with E-state index in [2.05, 4.69) is 15.6 Å². The molecule has 0 aliphatic heterocycles. The number of benzene rings is 1. The summed E-state index contributed by atoms with van der Waals surface area (Å²) < 4.78 is 5.39. The van der Waals surface area contributed by atoms with E-state index in [0.717, 1.165) is 5.69 Å². The zero-order chi connectivity index (χ0) is 14.4. The zero-order valence-electron chi connectivity index (χ0n) is 11.5. The Hall–Kier alpha value is -2.56.